The SMILES string of the molecule is CC1=C(C(=O)O)N2C(=O)/C(=N/OC(C)(C)C)[C@H]2S(=O)C1. The molecule has 1 unspecified atom stereocenters. The molecule has 2 aliphatic rings. The van der Waals surface area contributed by atoms with Crippen molar-refractivity contribution in [1.29, 1.82) is 0 Å². The van der Waals surface area contributed by atoms with Gasteiger partial charge >= 0.3 is 5.97 Å². The van der Waals surface area contributed by atoms with Crippen molar-refractivity contribution in [3.8, 4) is 0 Å². The zero-order chi connectivity index (χ0) is 15.2. The maximum atomic E-state index is 12.1. The number of carbonyl (C=O) groups excluding carboxylic acids is 1. The van der Waals surface area contributed by atoms with E-state index in [0.29, 0.717) is 5.57 Å². The van der Waals surface area contributed by atoms with E-state index in [1.807, 2.05) is 0 Å². The lowest BCUT2D eigenvalue weighted by Crippen LogP contribution is -2.66. The molecule has 0 aliphatic carbocycles. The third-order valence-corrected chi connectivity index (χ3v) is 4.43. The van der Waals surface area contributed by atoms with E-state index in [2.05, 4.69) is 5.16 Å². The molecule has 0 bridgehead atoms. The van der Waals surface area contributed by atoms with Crippen LogP contribution in [0.5, 0.6) is 0 Å². The van der Waals surface area contributed by atoms with E-state index in [4.69, 9.17) is 9.94 Å². The highest BCUT2D eigenvalue weighted by atomic mass is 32.2. The van der Waals surface area contributed by atoms with Gasteiger partial charge in [-0.3, -0.25) is 13.9 Å². The molecule has 2 heterocycles. The Morgan fingerprint density at radius 1 is 1.50 bits per heavy atom. The summed E-state index contributed by atoms with van der Waals surface area (Å²) in [6.45, 7) is 6.86. The molecule has 0 aromatic carbocycles. The van der Waals surface area contributed by atoms with Crippen LogP contribution in [0.1, 0.15) is 27.7 Å². The number of carboxylic acids is 1. The molecule has 1 amide bonds. The Morgan fingerprint density at radius 2 is 2.10 bits per heavy atom. The molecule has 2 atom stereocenters. The normalized spacial score (nSPS) is 28.3. The first kappa shape index (κ1) is 14.7. The molecule has 0 saturated carbocycles. The molecule has 7 nitrogen and oxygen atoms in total. The number of amides is 1. The van der Waals surface area contributed by atoms with Crippen molar-refractivity contribution in [3.63, 3.8) is 0 Å². The summed E-state index contributed by atoms with van der Waals surface area (Å²) in [5, 5.41) is 12.1. The first-order chi connectivity index (χ1) is 9.13. The fourth-order valence-corrected chi connectivity index (χ4v) is 3.53. The number of β-lactam (4-membered cyclic amide) rings is 1. The number of hydrogen-bond acceptors (Lipinski definition) is 5. The number of aliphatic carboxylic acids is 1. The Morgan fingerprint density at radius 3 is 2.60 bits per heavy atom. The Kier molecular flexibility index (Phi) is 3.45. The molecular weight excluding hydrogens is 284 g/mol. The second-order valence-corrected chi connectivity index (χ2v) is 7.16. The number of fused-ring (bicyclic) bond motifs is 1. The van der Waals surface area contributed by atoms with Gasteiger partial charge in [-0.2, -0.15) is 0 Å². The molecule has 20 heavy (non-hydrogen) atoms. The van der Waals surface area contributed by atoms with Gasteiger partial charge in [-0.25, -0.2) is 4.79 Å². The maximum Gasteiger partial charge on any atom is 0.352 e. The fourth-order valence-electron chi connectivity index (χ4n) is 1.97. The van der Waals surface area contributed by atoms with Crippen molar-refractivity contribution >= 4 is 28.4 Å². The molecule has 110 valence electrons. The van der Waals surface area contributed by atoms with Crippen LogP contribution in [0.4, 0.5) is 0 Å². The smallest absolute Gasteiger partial charge is 0.352 e. The van der Waals surface area contributed by atoms with Gasteiger partial charge < -0.3 is 9.94 Å². The average Bonchev–Trinajstić information content (AvgIpc) is 2.27. The highest BCUT2D eigenvalue weighted by molar-refractivity contribution is 7.87. The summed E-state index contributed by atoms with van der Waals surface area (Å²) in [5.41, 5.74) is -0.236. The highest BCUT2D eigenvalue weighted by Gasteiger charge is 2.54. The second-order valence-electron chi connectivity index (χ2n) is 5.67. The summed E-state index contributed by atoms with van der Waals surface area (Å²) in [4.78, 5) is 29.4. The van der Waals surface area contributed by atoms with Crippen LogP contribution in [-0.2, 0) is 25.2 Å². The largest absolute Gasteiger partial charge is 0.477 e. The molecule has 0 spiro atoms. The summed E-state index contributed by atoms with van der Waals surface area (Å²) in [7, 11) is -1.40. The molecule has 1 saturated heterocycles. The minimum atomic E-state index is -1.40. The Bertz CT molecular complexity index is 573. The molecule has 8 heteroatoms. The number of hydrogen-bond donors (Lipinski definition) is 1. The maximum absolute atomic E-state index is 12.1. The van der Waals surface area contributed by atoms with Crippen LogP contribution in [0.25, 0.3) is 0 Å². The topological polar surface area (TPSA) is 96.3 Å². The molecule has 1 N–H and O–H groups in total. The van der Waals surface area contributed by atoms with E-state index in [1.165, 1.54) is 0 Å². The van der Waals surface area contributed by atoms with E-state index in [1.54, 1.807) is 27.7 Å². The number of rotatable bonds is 2. The number of carboxylic acid groups (broad SMARTS) is 1. The number of nitrogens with zero attached hydrogens (tertiary/aromatic N) is 2. The van der Waals surface area contributed by atoms with E-state index < -0.39 is 33.7 Å². The summed E-state index contributed by atoms with van der Waals surface area (Å²) < 4.78 is 12.1. The van der Waals surface area contributed by atoms with Gasteiger partial charge in [0.05, 0.1) is 10.8 Å². The summed E-state index contributed by atoms with van der Waals surface area (Å²) >= 11 is 0. The van der Waals surface area contributed by atoms with Gasteiger partial charge in [-0.05, 0) is 33.3 Å². The van der Waals surface area contributed by atoms with E-state index in [-0.39, 0.29) is 17.2 Å². The van der Waals surface area contributed by atoms with E-state index in [0.717, 1.165) is 4.90 Å². The van der Waals surface area contributed by atoms with Crippen molar-refractivity contribution in [2.24, 2.45) is 5.16 Å². The van der Waals surface area contributed by atoms with Gasteiger partial charge in [0, 0.05) is 5.75 Å². The van der Waals surface area contributed by atoms with Crippen LogP contribution in [0.2, 0.25) is 0 Å². The fraction of sp³-hybridized carbons (Fsp3) is 0.583. The predicted octanol–water partition coefficient (Wildman–Crippen LogP) is 0.447. The highest BCUT2D eigenvalue weighted by Crippen LogP contribution is 2.33. The van der Waals surface area contributed by atoms with Crippen LogP contribution in [0.3, 0.4) is 0 Å². The summed E-state index contributed by atoms with van der Waals surface area (Å²) in [6, 6.07) is 0. The van der Waals surface area contributed by atoms with Crippen LogP contribution in [0.15, 0.2) is 16.4 Å². The molecular formula is C12H16N2O5S. The molecule has 2 aliphatic heterocycles. The number of oxime groups is 1. The first-order valence-electron chi connectivity index (χ1n) is 6.03. The van der Waals surface area contributed by atoms with Crippen LogP contribution >= 0.6 is 0 Å². The lowest BCUT2D eigenvalue weighted by atomic mass is 10.1. The van der Waals surface area contributed by atoms with Gasteiger partial charge in [0.15, 0.2) is 11.1 Å². The Labute approximate surface area is 118 Å². The molecule has 0 radical (unpaired) electrons. The lowest BCUT2D eigenvalue weighted by molar-refractivity contribution is -0.139. The predicted molar refractivity (Wildman–Crippen MR) is 72.3 cm³/mol. The quantitative estimate of drug-likeness (QED) is 0.590. The standard InChI is InChI=1S/C12H16N2O5S/c1-6-5-20(18)10-7(13-19-12(2,3)4)9(15)14(10)8(6)11(16)17/h10H,5H2,1-4H3,(H,16,17)/b13-7-/t10-,20?/m1/s1. The minimum Gasteiger partial charge on any atom is -0.477 e. The first-order valence-corrected chi connectivity index (χ1v) is 7.41. The summed E-state index contributed by atoms with van der Waals surface area (Å²) in [6.07, 6.45) is 0. The van der Waals surface area contributed by atoms with Gasteiger partial charge in [0.1, 0.15) is 11.3 Å². The molecule has 2 rings (SSSR count). The Hall–Kier alpha value is -1.70. The Balaban J connectivity index is 2.34. The average molecular weight is 300 g/mol. The molecule has 1 fully saturated rings. The number of carbonyl (C=O) groups is 2. The van der Waals surface area contributed by atoms with Crippen LogP contribution in [0, 0.1) is 0 Å². The van der Waals surface area contributed by atoms with Crippen LogP contribution < -0.4 is 0 Å². The third-order valence-electron chi connectivity index (χ3n) is 2.78. The van der Waals surface area contributed by atoms with Crippen molar-refractivity contribution in [2.75, 3.05) is 5.75 Å². The van der Waals surface area contributed by atoms with Gasteiger partial charge in [0.25, 0.3) is 5.91 Å². The molecule has 0 aromatic rings. The van der Waals surface area contributed by atoms with Crippen molar-refractivity contribution in [3.05, 3.63) is 11.3 Å². The second kappa shape index (κ2) is 4.69. The van der Waals surface area contributed by atoms with Crippen LogP contribution in [-0.4, -0.2) is 48.5 Å². The monoisotopic (exact) mass is 300 g/mol. The zero-order valence-electron chi connectivity index (χ0n) is 11.7. The lowest BCUT2D eigenvalue weighted by Gasteiger charge is -2.43. The van der Waals surface area contributed by atoms with Gasteiger partial charge in [-0.15, -0.1) is 0 Å². The van der Waals surface area contributed by atoms with E-state index in [9.17, 15) is 13.8 Å². The van der Waals surface area contributed by atoms with Crippen molar-refractivity contribution in [2.45, 2.75) is 38.7 Å². The zero-order valence-corrected chi connectivity index (χ0v) is 12.5. The molecule has 0 aromatic heterocycles. The van der Waals surface area contributed by atoms with Gasteiger partial charge in [0.2, 0.25) is 0 Å². The van der Waals surface area contributed by atoms with Gasteiger partial charge in [-0.1, -0.05) is 5.16 Å². The van der Waals surface area contributed by atoms with Crippen molar-refractivity contribution in [1.82, 2.24) is 4.90 Å². The third kappa shape index (κ3) is 2.35. The summed E-state index contributed by atoms with van der Waals surface area (Å²) in [5.74, 6) is -1.65. The minimum absolute atomic E-state index is 0.0181. The van der Waals surface area contributed by atoms with E-state index >= 15 is 0 Å². The van der Waals surface area contributed by atoms with Crippen molar-refractivity contribution < 1.29 is 23.7 Å².